The van der Waals surface area contributed by atoms with Gasteiger partial charge in [-0.3, -0.25) is 4.79 Å². The van der Waals surface area contributed by atoms with Crippen molar-refractivity contribution < 1.29 is 26.7 Å². The van der Waals surface area contributed by atoms with Crippen molar-refractivity contribution in [2.45, 2.75) is 37.9 Å². The molecule has 0 saturated carbocycles. The molecule has 0 bridgehead atoms. The average Bonchev–Trinajstić information content (AvgIpc) is 2.26. The Hall–Kier alpha value is -0.920. The van der Waals surface area contributed by atoms with Crippen LogP contribution in [-0.4, -0.2) is 42.0 Å². The van der Waals surface area contributed by atoms with Crippen LogP contribution in [0, 0.1) is 5.92 Å². The fraction of sp³-hybridized carbons (Fsp3) is 0.900. The summed E-state index contributed by atoms with van der Waals surface area (Å²) in [4.78, 5) is 12.0. The molecule has 1 rings (SSSR count). The molecule has 0 aromatic heterocycles. The molecule has 1 aliphatic rings. The van der Waals surface area contributed by atoms with E-state index in [1.165, 1.54) is 0 Å². The molecule has 1 amide bonds. The van der Waals surface area contributed by atoms with E-state index in [1.54, 1.807) is 6.92 Å². The van der Waals surface area contributed by atoms with Crippen LogP contribution < -0.4 is 5.73 Å². The minimum absolute atomic E-state index is 0.114. The Morgan fingerprint density at radius 2 is 1.89 bits per heavy atom. The number of halogens is 5. The topological polar surface area (TPSA) is 46.3 Å². The lowest BCUT2D eigenvalue weighted by molar-refractivity contribution is -0.276. The van der Waals surface area contributed by atoms with E-state index in [2.05, 4.69) is 0 Å². The van der Waals surface area contributed by atoms with E-state index in [0.29, 0.717) is 17.7 Å². The first kappa shape index (κ1) is 15.1. The summed E-state index contributed by atoms with van der Waals surface area (Å²) in [5.74, 6) is -7.73. The van der Waals surface area contributed by atoms with E-state index < -0.39 is 24.0 Å². The molecular weight excluding hydrogens is 259 g/mol. The Bertz CT molecular complexity index is 318. The van der Waals surface area contributed by atoms with Gasteiger partial charge in [0, 0.05) is 19.1 Å². The number of alkyl halides is 5. The van der Waals surface area contributed by atoms with Gasteiger partial charge in [-0.05, 0) is 18.8 Å². The number of hydrogen-bond acceptors (Lipinski definition) is 2. The van der Waals surface area contributed by atoms with E-state index in [0.717, 1.165) is 0 Å². The maximum absolute atomic E-state index is 13.0. The largest absolute Gasteiger partial charge is 0.463 e. The molecule has 2 atom stereocenters. The highest BCUT2D eigenvalue weighted by atomic mass is 19.4. The highest BCUT2D eigenvalue weighted by molar-refractivity contribution is 5.84. The van der Waals surface area contributed by atoms with Crippen molar-refractivity contribution in [2.75, 3.05) is 13.1 Å². The number of nitrogens with two attached hydrogens (primary N) is 1. The summed E-state index contributed by atoms with van der Waals surface area (Å²) in [5.41, 5.74) is 5.35. The lowest BCUT2D eigenvalue weighted by atomic mass is 9.90. The quantitative estimate of drug-likeness (QED) is 0.780. The summed E-state index contributed by atoms with van der Waals surface area (Å²) < 4.78 is 62.4. The predicted octanol–water partition coefficient (Wildman–Crippen LogP) is 1.77. The number of amides is 1. The predicted molar refractivity (Wildman–Crippen MR) is 54.0 cm³/mol. The van der Waals surface area contributed by atoms with Gasteiger partial charge in [0.05, 0.1) is 0 Å². The molecule has 1 heterocycles. The number of likely N-dealkylation sites (tertiary alicyclic amines) is 1. The van der Waals surface area contributed by atoms with Crippen LogP contribution >= 0.6 is 0 Å². The third-order valence-electron chi connectivity index (χ3n) is 3.24. The maximum Gasteiger partial charge on any atom is 0.463 e. The second kappa shape index (κ2) is 4.99. The van der Waals surface area contributed by atoms with Crippen LogP contribution in [0.4, 0.5) is 22.0 Å². The Morgan fingerprint density at radius 1 is 1.33 bits per heavy atom. The Balaban J connectivity index is 2.95. The van der Waals surface area contributed by atoms with Gasteiger partial charge < -0.3 is 10.6 Å². The van der Waals surface area contributed by atoms with Gasteiger partial charge in [-0.2, -0.15) is 22.0 Å². The zero-order valence-corrected chi connectivity index (χ0v) is 9.81. The standard InChI is InChI=1S/C10H15F5N2O/c1-6-3-2-4-17(7(6)5-16)8(18)9(11,12)10(13,14)15/h6-7H,2-5,16H2,1H3. The van der Waals surface area contributed by atoms with Gasteiger partial charge in [-0.25, -0.2) is 0 Å². The van der Waals surface area contributed by atoms with E-state index in [9.17, 15) is 26.7 Å². The summed E-state index contributed by atoms with van der Waals surface area (Å²) in [5, 5.41) is 0. The van der Waals surface area contributed by atoms with E-state index in [1.807, 2.05) is 0 Å². The van der Waals surface area contributed by atoms with Crippen LogP contribution in [0.1, 0.15) is 19.8 Å². The highest BCUT2D eigenvalue weighted by Crippen LogP contribution is 2.38. The Kier molecular flexibility index (Phi) is 4.19. The Labute approximate surface area is 101 Å². The normalized spacial score (nSPS) is 26.3. The van der Waals surface area contributed by atoms with Gasteiger partial charge in [-0.15, -0.1) is 0 Å². The first-order valence-electron chi connectivity index (χ1n) is 5.58. The van der Waals surface area contributed by atoms with Crippen molar-refractivity contribution >= 4 is 5.91 Å². The van der Waals surface area contributed by atoms with E-state index in [-0.39, 0.29) is 19.0 Å². The summed E-state index contributed by atoms with van der Waals surface area (Å²) in [6.45, 7) is 1.44. The minimum Gasteiger partial charge on any atom is -0.333 e. The zero-order chi connectivity index (χ0) is 14.1. The van der Waals surface area contributed by atoms with Gasteiger partial charge in [0.15, 0.2) is 0 Å². The fourth-order valence-electron chi connectivity index (χ4n) is 2.16. The molecule has 106 valence electrons. The minimum atomic E-state index is -5.87. The van der Waals surface area contributed by atoms with Crippen molar-refractivity contribution in [3.05, 3.63) is 0 Å². The lowest BCUT2D eigenvalue weighted by Gasteiger charge is -2.40. The second-order valence-electron chi connectivity index (χ2n) is 4.49. The summed E-state index contributed by atoms with van der Waals surface area (Å²) in [6.07, 6.45) is -4.81. The summed E-state index contributed by atoms with van der Waals surface area (Å²) >= 11 is 0. The first-order valence-corrected chi connectivity index (χ1v) is 5.58. The van der Waals surface area contributed by atoms with Crippen LogP contribution in [0.5, 0.6) is 0 Å². The molecule has 1 fully saturated rings. The van der Waals surface area contributed by atoms with Crippen LogP contribution in [0.25, 0.3) is 0 Å². The number of carbonyl (C=O) groups excluding carboxylic acids is 1. The van der Waals surface area contributed by atoms with Gasteiger partial charge in [0.2, 0.25) is 0 Å². The molecule has 2 unspecified atom stereocenters. The number of rotatable bonds is 2. The SMILES string of the molecule is CC1CCCN(C(=O)C(F)(F)C(F)(F)F)C1CN. The third kappa shape index (κ3) is 2.57. The molecule has 0 aromatic rings. The summed E-state index contributed by atoms with van der Waals surface area (Å²) in [6, 6.07) is -0.764. The molecule has 0 aliphatic carbocycles. The number of carbonyl (C=O) groups is 1. The fourth-order valence-corrected chi connectivity index (χ4v) is 2.16. The molecule has 0 aromatic carbocycles. The van der Waals surface area contributed by atoms with Gasteiger partial charge in [0.25, 0.3) is 0 Å². The van der Waals surface area contributed by atoms with Crippen molar-refractivity contribution in [3.63, 3.8) is 0 Å². The highest BCUT2D eigenvalue weighted by Gasteiger charge is 2.65. The molecule has 8 heteroatoms. The van der Waals surface area contributed by atoms with Crippen LogP contribution in [0.3, 0.4) is 0 Å². The molecule has 0 spiro atoms. The molecular formula is C10H15F5N2O. The first-order chi connectivity index (χ1) is 8.13. The van der Waals surface area contributed by atoms with Crippen molar-refractivity contribution in [2.24, 2.45) is 11.7 Å². The molecule has 1 aliphatic heterocycles. The molecule has 0 radical (unpaired) electrons. The van der Waals surface area contributed by atoms with Crippen LogP contribution in [0.15, 0.2) is 0 Å². The van der Waals surface area contributed by atoms with Crippen molar-refractivity contribution in [1.29, 1.82) is 0 Å². The monoisotopic (exact) mass is 274 g/mol. The van der Waals surface area contributed by atoms with E-state index >= 15 is 0 Å². The Morgan fingerprint density at radius 3 is 2.33 bits per heavy atom. The third-order valence-corrected chi connectivity index (χ3v) is 3.24. The van der Waals surface area contributed by atoms with Crippen molar-refractivity contribution in [1.82, 2.24) is 4.90 Å². The molecule has 18 heavy (non-hydrogen) atoms. The number of piperidine rings is 1. The smallest absolute Gasteiger partial charge is 0.333 e. The second-order valence-corrected chi connectivity index (χ2v) is 4.49. The zero-order valence-electron chi connectivity index (χ0n) is 9.81. The number of hydrogen-bond donors (Lipinski definition) is 1. The molecule has 2 N–H and O–H groups in total. The average molecular weight is 274 g/mol. The maximum atomic E-state index is 13.0. The van der Waals surface area contributed by atoms with E-state index in [4.69, 9.17) is 5.73 Å². The van der Waals surface area contributed by atoms with Crippen molar-refractivity contribution in [3.8, 4) is 0 Å². The molecule has 3 nitrogen and oxygen atoms in total. The molecule has 1 saturated heterocycles. The number of nitrogens with zero attached hydrogens (tertiary/aromatic N) is 1. The van der Waals surface area contributed by atoms with Crippen LogP contribution in [-0.2, 0) is 4.79 Å². The van der Waals surface area contributed by atoms with Gasteiger partial charge in [0.1, 0.15) is 0 Å². The lowest BCUT2D eigenvalue weighted by Crippen LogP contribution is -2.59. The van der Waals surface area contributed by atoms with Gasteiger partial charge >= 0.3 is 18.0 Å². The summed E-state index contributed by atoms with van der Waals surface area (Å²) in [7, 11) is 0. The van der Waals surface area contributed by atoms with Crippen LogP contribution in [0.2, 0.25) is 0 Å². The van der Waals surface area contributed by atoms with Gasteiger partial charge in [-0.1, -0.05) is 6.92 Å².